The molecule has 1 atom stereocenters. The number of rotatable bonds is 21. The second-order valence-electron chi connectivity index (χ2n) is 12.4. The highest BCUT2D eigenvalue weighted by Crippen LogP contribution is 2.59. The van der Waals surface area contributed by atoms with Crippen molar-refractivity contribution >= 4 is 12.2 Å². The van der Waals surface area contributed by atoms with Gasteiger partial charge in [-0.1, -0.05) is 20.8 Å². The number of carbonyl (C=O) groups is 2. The third-order valence-corrected chi connectivity index (χ3v) is 7.17. The summed E-state index contributed by atoms with van der Waals surface area (Å²) in [4.78, 5) is 23.2. The van der Waals surface area contributed by atoms with Crippen molar-refractivity contribution in [2.45, 2.75) is 106 Å². The predicted molar refractivity (Wildman–Crippen MR) is 132 cm³/mol. The molecule has 1 unspecified atom stereocenters. The number of carbonyl (C=O) groups excluding carboxylic acids is 2. The van der Waals surface area contributed by atoms with Crippen LogP contribution in [0.3, 0.4) is 0 Å². The maximum atomic E-state index is 13.8. The Kier molecular flexibility index (Phi) is 15.4. The summed E-state index contributed by atoms with van der Waals surface area (Å²) >= 11 is 0. The van der Waals surface area contributed by atoms with Gasteiger partial charge in [0.25, 0.3) is 0 Å². The minimum Gasteiger partial charge on any atom is -0.443 e. The molecule has 0 aliphatic carbocycles. The Bertz CT molecular complexity index is 1310. The number of alkyl halides is 24. The third-order valence-electron chi connectivity index (χ3n) is 7.17. The van der Waals surface area contributed by atoms with Gasteiger partial charge in [0, 0.05) is 13.1 Å². The van der Waals surface area contributed by atoms with Crippen LogP contribution in [0.15, 0.2) is 0 Å². The van der Waals surface area contributed by atoms with E-state index in [0.717, 1.165) is 0 Å². The van der Waals surface area contributed by atoms with Gasteiger partial charge in [-0.05, 0) is 24.2 Å². The lowest BCUT2D eigenvalue weighted by Gasteiger charge is -2.38. The number of alkyl carbamates (subject to hydrolysis) is 2. The lowest BCUT2D eigenvalue weighted by atomic mass is 9.82. The highest BCUT2D eigenvalue weighted by Gasteiger charge is 2.89. The predicted octanol–water partition coefficient (Wildman–Crippen LogP) is 9.76. The Morgan fingerprint density at radius 3 is 1.13 bits per heavy atom. The van der Waals surface area contributed by atoms with E-state index in [-0.39, 0.29) is 12.8 Å². The van der Waals surface area contributed by atoms with Crippen molar-refractivity contribution in [3.8, 4) is 0 Å². The van der Waals surface area contributed by atoms with Crippen LogP contribution in [0.1, 0.15) is 33.6 Å². The summed E-state index contributed by atoms with van der Waals surface area (Å²) in [5.74, 6) is -74.8. The van der Waals surface area contributed by atoms with E-state index in [1.54, 1.807) is 10.6 Å². The van der Waals surface area contributed by atoms with Gasteiger partial charge in [-0.2, -0.15) is 87.8 Å². The summed E-state index contributed by atoms with van der Waals surface area (Å²) in [5, 5.41) is 3.18. The van der Waals surface area contributed by atoms with Gasteiger partial charge in [-0.3, -0.25) is 0 Å². The number of nitrogens with one attached hydrogen (secondary N) is 2. The molecule has 0 aliphatic rings. The van der Waals surface area contributed by atoms with Crippen LogP contribution in [0.5, 0.6) is 0 Å². The number of hydrogen-bond acceptors (Lipinski definition) is 4. The number of amides is 2. The fraction of sp³-hybridized carbons (Fsp3) is 0.920. The molecule has 0 aromatic rings. The van der Waals surface area contributed by atoms with Gasteiger partial charge < -0.3 is 20.1 Å². The van der Waals surface area contributed by atoms with Crippen molar-refractivity contribution in [2.24, 2.45) is 11.3 Å². The molecule has 0 fully saturated rings. The van der Waals surface area contributed by atoms with Crippen molar-refractivity contribution in [3.05, 3.63) is 0 Å². The molecule has 0 aromatic heterocycles. The summed E-state index contributed by atoms with van der Waals surface area (Å²) in [7, 11) is 0. The zero-order valence-corrected chi connectivity index (χ0v) is 27.2. The summed E-state index contributed by atoms with van der Waals surface area (Å²) in [6, 6.07) is 0. The number of ether oxygens (including phenoxy) is 2. The van der Waals surface area contributed by atoms with E-state index in [2.05, 4.69) is 9.47 Å². The van der Waals surface area contributed by atoms with Crippen LogP contribution < -0.4 is 10.6 Å². The molecule has 328 valence electrons. The van der Waals surface area contributed by atoms with Gasteiger partial charge in [0.05, 0.1) is 0 Å². The van der Waals surface area contributed by atoms with Crippen molar-refractivity contribution < 1.29 is 124 Å². The first kappa shape index (κ1) is 51.9. The van der Waals surface area contributed by atoms with E-state index in [0.29, 0.717) is 0 Å². The van der Waals surface area contributed by atoms with E-state index in [1.807, 2.05) is 0 Å². The van der Waals surface area contributed by atoms with Crippen molar-refractivity contribution in [2.75, 3.05) is 26.3 Å². The topological polar surface area (TPSA) is 76.7 Å². The molecule has 6 nitrogen and oxygen atoms in total. The molecule has 0 radical (unpaired) electrons. The maximum absolute atomic E-state index is 13.8. The Morgan fingerprint density at radius 2 is 0.818 bits per heavy atom. The van der Waals surface area contributed by atoms with Crippen LogP contribution in [0, 0.1) is 11.3 Å². The Morgan fingerprint density at radius 1 is 0.509 bits per heavy atom. The molecular weight excluding hydrogens is 848 g/mol. The zero-order chi connectivity index (χ0) is 44.5. The second kappa shape index (κ2) is 16.4. The molecule has 0 aliphatic heterocycles. The molecule has 0 aromatic carbocycles. The first-order valence-corrected chi connectivity index (χ1v) is 14.1. The SMILES string of the molecule is CC(CCNC(=O)OCC(F)(F)C(F)(F)C(F)(F)C(F)(F)C(F)(F)C(F)F)CC(C)(C)CNC(=O)OCC(F)(F)C(F)(F)C(F)(F)C(F)(F)C(F)(F)C(F)F. The fourth-order valence-corrected chi connectivity index (χ4v) is 3.99. The number of halogens is 24. The zero-order valence-electron chi connectivity index (χ0n) is 27.2. The van der Waals surface area contributed by atoms with Gasteiger partial charge in [0.15, 0.2) is 13.2 Å². The highest BCUT2D eigenvalue weighted by atomic mass is 19.4. The van der Waals surface area contributed by atoms with E-state index in [4.69, 9.17) is 0 Å². The standard InChI is InChI=1S/C25H26F24N2O4/c1-10(4-5-50-13(52)54-8-16(30,31)20(38,39)24(46,47)22(42,43)18(34,35)11(26)27)6-15(2,3)7-51-14(53)55-9-17(32,33)21(40,41)25(48,49)23(44,45)19(36,37)12(28)29/h10-12H,4-9H2,1-3H3,(H,50,52)(H,51,53). The normalized spacial score (nSPS) is 15.7. The van der Waals surface area contributed by atoms with E-state index < -0.39 is 122 Å². The molecule has 0 heterocycles. The van der Waals surface area contributed by atoms with Crippen LogP contribution in [0.25, 0.3) is 0 Å². The molecule has 0 saturated heterocycles. The summed E-state index contributed by atoms with van der Waals surface area (Å²) in [6.45, 7) is -4.05. The van der Waals surface area contributed by atoms with E-state index in [1.165, 1.54) is 20.8 Å². The minimum atomic E-state index is -7.87. The monoisotopic (exact) mass is 874 g/mol. The molecule has 30 heteroatoms. The van der Waals surface area contributed by atoms with E-state index in [9.17, 15) is 115 Å². The minimum absolute atomic E-state index is 0.172. The Labute approximate surface area is 291 Å². The van der Waals surface area contributed by atoms with Gasteiger partial charge in [-0.25, -0.2) is 27.2 Å². The molecule has 0 bridgehead atoms. The van der Waals surface area contributed by atoms with Crippen molar-refractivity contribution in [3.63, 3.8) is 0 Å². The van der Waals surface area contributed by atoms with E-state index >= 15 is 0 Å². The summed E-state index contributed by atoms with van der Waals surface area (Å²) < 4.78 is 324. The quantitative estimate of drug-likeness (QED) is 0.113. The molecule has 2 N–H and O–H groups in total. The third kappa shape index (κ3) is 10.1. The smallest absolute Gasteiger partial charge is 0.407 e. The lowest BCUT2D eigenvalue weighted by molar-refractivity contribution is -0.414. The Balaban J connectivity index is 5.20. The molecule has 55 heavy (non-hydrogen) atoms. The first-order valence-electron chi connectivity index (χ1n) is 14.1. The molecular formula is C25H26F24N2O4. The van der Waals surface area contributed by atoms with Crippen LogP contribution in [-0.4, -0.2) is 111 Å². The van der Waals surface area contributed by atoms with Gasteiger partial charge in [0.2, 0.25) is 0 Å². The second-order valence-corrected chi connectivity index (χ2v) is 12.4. The average Bonchev–Trinajstić information content (AvgIpc) is 3.00. The molecule has 2 amide bonds. The van der Waals surface area contributed by atoms with Crippen LogP contribution in [-0.2, 0) is 9.47 Å². The molecule has 0 spiro atoms. The van der Waals surface area contributed by atoms with Gasteiger partial charge >= 0.3 is 84.3 Å². The summed E-state index contributed by atoms with van der Waals surface area (Å²) in [6.07, 6.45) is -16.2. The van der Waals surface area contributed by atoms with Gasteiger partial charge in [-0.15, -0.1) is 0 Å². The molecule has 0 saturated carbocycles. The van der Waals surface area contributed by atoms with Crippen LogP contribution in [0.2, 0.25) is 0 Å². The van der Waals surface area contributed by atoms with Gasteiger partial charge in [0.1, 0.15) is 0 Å². The lowest BCUT2D eigenvalue weighted by Crippen LogP contribution is -2.69. The van der Waals surface area contributed by atoms with Crippen molar-refractivity contribution in [1.82, 2.24) is 10.6 Å². The van der Waals surface area contributed by atoms with Crippen LogP contribution >= 0.6 is 0 Å². The highest BCUT2D eigenvalue weighted by molar-refractivity contribution is 5.67. The average molecular weight is 874 g/mol. The first-order chi connectivity index (χ1) is 24.0. The Hall–Kier alpha value is -3.14. The number of hydrogen-bond donors (Lipinski definition) is 2. The van der Waals surface area contributed by atoms with Crippen LogP contribution in [0.4, 0.5) is 115 Å². The maximum Gasteiger partial charge on any atom is 0.407 e. The fourth-order valence-electron chi connectivity index (χ4n) is 3.99. The summed E-state index contributed by atoms with van der Waals surface area (Å²) in [5.41, 5.74) is -1.26. The largest absolute Gasteiger partial charge is 0.443 e. The molecule has 0 rings (SSSR count). The van der Waals surface area contributed by atoms with Crippen molar-refractivity contribution in [1.29, 1.82) is 0 Å².